The van der Waals surface area contributed by atoms with Crippen molar-refractivity contribution in [1.82, 2.24) is 5.32 Å². The number of carbonyl (C=O) groups is 2. The Hall–Kier alpha value is -2.04. The highest BCUT2D eigenvalue weighted by atomic mass is 16.5. The van der Waals surface area contributed by atoms with Crippen LogP contribution in [-0.2, 0) is 16.0 Å². The van der Waals surface area contributed by atoms with E-state index in [0.717, 1.165) is 16.7 Å². The fourth-order valence-electron chi connectivity index (χ4n) is 2.66. The Morgan fingerprint density at radius 2 is 1.96 bits per heavy atom. The molecule has 0 aromatic heterocycles. The minimum Gasteiger partial charge on any atom is -0.496 e. The first-order chi connectivity index (χ1) is 10.7. The molecular formula is C18H27NO4. The van der Waals surface area contributed by atoms with Crippen LogP contribution in [0, 0.1) is 19.8 Å². The van der Waals surface area contributed by atoms with E-state index < -0.39 is 11.5 Å². The minimum absolute atomic E-state index is 0.0919. The van der Waals surface area contributed by atoms with Gasteiger partial charge in [-0.1, -0.05) is 26.3 Å². The van der Waals surface area contributed by atoms with Gasteiger partial charge in [0, 0.05) is 5.56 Å². The van der Waals surface area contributed by atoms with Crippen molar-refractivity contribution in [2.45, 2.75) is 53.0 Å². The molecule has 0 aliphatic heterocycles. The molecule has 0 radical (unpaired) electrons. The Morgan fingerprint density at radius 1 is 1.35 bits per heavy atom. The number of carboxylic acids is 1. The van der Waals surface area contributed by atoms with Crippen molar-refractivity contribution >= 4 is 11.9 Å². The molecule has 128 valence electrons. The van der Waals surface area contributed by atoms with Gasteiger partial charge in [-0.2, -0.15) is 0 Å². The molecule has 2 unspecified atom stereocenters. The Balaban J connectivity index is 3.03. The van der Waals surface area contributed by atoms with E-state index in [1.54, 1.807) is 14.0 Å². The standard InChI is InChI=1S/C18H27NO4/c1-7-13(4)18(5,17(21)22)19-16(20)10-14-12(3)8-11(2)9-15(14)23-6/h8-9,13H,7,10H2,1-6H3,(H,19,20)(H,21,22). The van der Waals surface area contributed by atoms with Crippen LogP contribution in [0.2, 0.25) is 0 Å². The first-order valence-electron chi connectivity index (χ1n) is 7.84. The summed E-state index contributed by atoms with van der Waals surface area (Å²) >= 11 is 0. The number of benzene rings is 1. The van der Waals surface area contributed by atoms with Gasteiger partial charge in [0.05, 0.1) is 13.5 Å². The van der Waals surface area contributed by atoms with Gasteiger partial charge in [-0.05, 0) is 43.9 Å². The summed E-state index contributed by atoms with van der Waals surface area (Å²) in [6.45, 7) is 9.17. The van der Waals surface area contributed by atoms with Crippen LogP contribution in [-0.4, -0.2) is 29.6 Å². The van der Waals surface area contributed by atoms with Crippen molar-refractivity contribution in [3.05, 3.63) is 28.8 Å². The Morgan fingerprint density at radius 3 is 2.43 bits per heavy atom. The highest BCUT2D eigenvalue weighted by Gasteiger charge is 2.39. The van der Waals surface area contributed by atoms with Crippen molar-refractivity contribution < 1.29 is 19.4 Å². The average molecular weight is 321 g/mol. The Kier molecular flexibility index (Phi) is 6.19. The van der Waals surface area contributed by atoms with Crippen molar-refractivity contribution in [2.75, 3.05) is 7.11 Å². The molecule has 1 aromatic carbocycles. The van der Waals surface area contributed by atoms with Crippen molar-refractivity contribution in [1.29, 1.82) is 0 Å². The predicted molar refractivity (Wildman–Crippen MR) is 89.8 cm³/mol. The van der Waals surface area contributed by atoms with Gasteiger partial charge in [-0.15, -0.1) is 0 Å². The topological polar surface area (TPSA) is 75.6 Å². The fourth-order valence-corrected chi connectivity index (χ4v) is 2.66. The highest BCUT2D eigenvalue weighted by molar-refractivity contribution is 5.88. The van der Waals surface area contributed by atoms with Crippen LogP contribution in [0.15, 0.2) is 12.1 Å². The normalized spacial score (nSPS) is 14.7. The number of nitrogens with one attached hydrogen (secondary N) is 1. The van der Waals surface area contributed by atoms with Crippen LogP contribution in [0.3, 0.4) is 0 Å². The van der Waals surface area contributed by atoms with Gasteiger partial charge in [0.25, 0.3) is 0 Å². The molecule has 0 aliphatic rings. The molecule has 2 N–H and O–H groups in total. The molecule has 0 fully saturated rings. The molecule has 5 heteroatoms. The zero-order valence-electron chi connectivity index (χ0n) is 14.8. The number of aryl methyl sites for hydroxylation is 2. The van der Waals surface area contributed by atoms with Gasteiger partial charge in [0.1, 0.15) is 11.3 Å². The Labute approximate surface area is 138 Å². The summed E-state index contributed by atoms with van der Waals surface area (Å²) in [6, 6.07) is 3.86. The number of rotatable bonds is 7. The number of aliphatic carboxylic acids is 1. The first-order valence-corrected chi connectivity index (χ1v) is 7.84. The zero-order chi connectivity index (χ0) is 17.8. The van der Waals surface area contributed by atoms with Crippen molar-refractivity contribution in [3.63, 3.8) is 0 Å². The third kappa shape index (κ3) is 4.24. The third-order valence-corrected chi connectivity index (χ3v) is 4.57. The van der Waals surface area contributed by atoms with Gasteiger partial charge >= 0.3 is 5.97 Å². The second-order valence-electron chi connectivity index (χ2n) is 6.30. The lowest BCUT2D eigenvalue weighted by Gasteiger charge is -2.32. The average Bonchev–Trinajstić information content (AvgIpc) is 2.48. The first kappa shape index (κ1) is 19.0. The van der Waals surface area contributed by atoms with Crippen LogP contribution in [0.1, 0.15) is 43.9 Å². The highest BCUT2D eigenvalue weighted by Crippen LogP contribution is 2.26. The fraction of sp³-hybridized carbons (Fsp3) is 0.556. The van der Waals surface area contributed by atoms with Crippen LogP contribution < -0.4 is 10.1 Å². The summed E-state index contributed by atoms with van der Waals surface area (Å²) in [4.78, 5) is 24.0. The van der Waals surface area contributed by atoms with Crippen molar-refractivity contribution in [2.24, 2.45) is 5.92 Å². The molecule has 23 heavy (non-hydrogen) atoms. The number of methoxy groups -OCH3 is 1. The van der Waals surface area contributed by atoms with Crippen LogP contribution in [0.5, 0.6) is 5.75 Å². The molecule has 0 aliphatic carbocycles. The van der Waals surface area contributed by atoms with Gasteiger partial charge in [-0.3, -0.25) is 4.79 Å². The van der Waals surface area contributed by atoms with E-state index >= 15 is 0 Å². The molecule has 0 bridgehead atoms. The number of carboxylic acid groups (broad SMARTS) is 1. The van der Waals surface area contributed by atoms with Crippen molar-refractivity contribution in [3.8, 4) is 5.75 Å². The maximum absolute atomic E-state index is 12.4. The molecule has 1 aromatic rings. The second-order valence-corrected chi connectivity index (χ2v) is 6.30. The van der Waals surface area contributed by atoms with Crippen LogP contribution in [0.4, 0.5) is 0 Å². The van der Waals surface area contributed by atoms with Gasteiger partial charge in [0.15, 0.2) is 0 Å². The molecule has 0 saturated carbocycles. The number of hydrogen-bond donors (Lipinski definition) is 2. The lowest BCUT2D eigenvalue weighted by molar-refractivity contribution is -0.149. The van der Waals surface area contributed by atoms with E-state index in [2.05, 4.69) is 5.32 Å². The van der Waals surface area contributed by atoms with Gasteiger partial charge in [-0.25, -0.2) is 4.79 Å². The van der Waals surface area contributed by atoms with Crippen LogP contribution >= 0.6 is 0 Å². The summed E-state index contributed by atoms with van der Waals surface area (Å²) in [5, 5.41) is 12.2. The lowest BCUT2D eigenvalue weighted by atomic mass is 9.84. The molecule has 0 heterocycles. The maximum Gasteiger partial charge on any atom is 0.329 e. The van der Waals surface area contributed by atoms with E-state index in [4.69, 9.17) is 4.74 Å². The SMILES string of the molecule is CCC(C)C(C)(NC(=O)Cc1c(C)cc(C)cc1OC)C(=O)O. The largest absolute Gasteiger partial charge is 0.496 e. The summed E-state index contributed by atoms with van der Waals surface area (Å²) in [5.74, 6) is -0.864. The molecule has 0 spiro atoms. The molecule has 1 amide bonds. The molecular weight excluding hydrogens is 294 g/mol. The summed E-state index contributed by atoms with van der Waals surface area (Å²) in [6.07, 6.45) is 0.755. The second kappa shape index (κ2) is 7.49. The smallest absolute Gasteiger partial charge is 0.329 e. The van der Waals surface area contributed by atoms with E-state index in [9.17, 15) is 14.7 Å². The van der Waals surface area contributed by atoms with Gasteiger partial charge in [0.2, 0.25) is 5.91 Å². The van der Waals surface area contributed by atoms with E-state index in [0.29, 0.717) is 12.2 Å². The minimum atomic E-state index is -1.28. The molecule has 2 atom stereocenters. The maximum atomic E-state index is 12.4. The summed E-state index contributed by atoms with van der Waals surface area (Å²) in [5.41, 5.74) is 1.51. The third-order valence-electron chi connectivity index (χ3n) is 4.57. The number of amides is 1. The van der Waals surface area contributed by atoms with E-state index in [1.807, 2.05) is 39.8 Å². The van der Waals surface area contributed by atoms with Gasteiger partial charge < -0.3 is 15.2 Å². The number of hydrogen-bond acceptors (Lipinski definition) is 3. The Bertz CT molecular complexity index is 597. The predicted octanol–water partition coefficient (Wildman–Crippen LogP) is 2.86. The molecule has 1 rings (SSSR count). The summed E-state index contributed by atoms with van der Waals surface area (Å²) < 4.78 is 5.36. The van der Waals surface area contributed by atoms with E-state index in [1.165, 1.54) is 0 Å². The zero-order valence-corrected chi connectivity index (χ0v) is 14.8. The number of ether oxygens (including phenoxy) is 1. The monoisotopic (exact) mass is 321 g/mol. The van der Waals surface area contributed by atoms with Crippen LogP contribution in [0.25, 0.3) is 0 Å². The van der Waals surface area contributed by atoms with E-state index in [-0.39, 0.29) is 18.2 Å². The summed E-state index contributed by atoms with van der Waals surface area (Å²) in [7, 11) is 1.57. The lowest BCUT2D eigenvalue weighted by Crippen LogP contribution is -2.56. The molecule has 0 saturated heterocycles. The number of carbonyl (C=O) groups excluding carboxylic acids is 1. The quantitative estimate of drug-likeness (QED) is 0.810. The molecule has 5 nitrogen and oxygen atoms in total.